The molecule has 0 saturated heterocycles. The molecule has 2 rings (SSSR count). The third-order valence-corrected chi connectivity index (χ3v) is 4.16. The average Bonchev–Trinajstić information content (AvgIpc) is 2.40. The molecule has 4 N–H and O–H groups in total. The molecule has 0 heterocycles. The summed E-state index contributed by atoms with van der Waals surface area (Å²) in [6, 6.07) is 14.4. The maximum absolute atomic E-state index is 10.6. The summed E-state index contributed by atoms with van der Waals surface area (Å²) < 4.78 is 1.79. The standard InChI is InChI=1S/2C7H6INO/c2*8-6-4-2-1-3-5(6)7(9)10/h2*1-4H,(H2,9,10). The smallest absolute Gasteiger partial charge is 0.249 e. The molecule has 0 atom stereocenters. The first-order chi connectivity index (χ1) is 9.43. The van der Waals surface area contributed by atoms with Crippen LogP contribution in [0, 0.1) is 7.14 Å². The molecular formula is C14H12I2N2O2. The van der Waals surface area contributed by atoms with E-state index in [9.17, 15) is 9.59 Å². The summed E-state index contributed by atoms with van der Waals surface area (Å²) in [6.45, 7) is 0. The predicted molar refractivity (Wildman–Crippen MR) is 95.4 cm³/mol. The van der Waals surface area contributed by atoms with Gasteiger partial charge in [-0.3, -0.25) is 9.59 Å². The van der Waals surface area contributed by atoms with Crippen molar-refractivity contribution in [3.05, 3.63) is 66.8 Å². The maximum atomic E-state index is 10.6. The minimum Gasteiger partial charge on any atom is -0.366 e. The Balaban J connectivity index is 0.000000200. The minimum atomic E-state index is -0.370. The lowest BCUT2D eigenvalue weighted by Gasteiger charge is -1.95. The molecule has 0 spiro atoms. The third kappa shape index (κ3) is 5.08. The van der Waals surface area contributed by atoms with Crippen LogP contribution in [0.25, 0.3) is 0 Å². The second-order valence-electron chi connectivity index (χ2n) is 3.69. The molecule has 2 aromatic rings. The molecule has 2 amide bonds. The Hall–Kier alpha value is -1.16. The number of nitrogens with two attached hydrogens (primary N) is 2. The molecule has 0 fully saturated rings. The molecule has 0 aliphatic heterocycles. The van der Waals surface area contributed by atoms with E-state index in [0.717, 1.165) is 7.14 Å². The molecule has 104 valence electrons. The van der Waals surface area contributed by atoms with Gasteiger partial charge < -0.3 is 11.5 Å². The van der Waals surface area contributed by atoms with Gasteiger partial charge in [0.1, 0.15) is 0 Å². The molecule has 0 aromatic heterocycles. The fraction of sp³-hybridized carbons (Fsp3) is 0. The summed E-state index contributed by atoms with van der Waals surface area (Å²) in [6.07, 6.45) is 0. The minimum absolute atomic E-state index is 0.370. The highest BCUT2D eigenvalue weighted by Gasteiger charge is 2.02. The number of carbonyl (C=O) groups is 2. The first kappa shape index (κ1) is 16.9. The van der Waals surface area contributed by atoms with Crippen molar-refractivity contribution in [2.45, 2.75) is 0 Å². The van der Waals surface area contributed by atoms with E-state index >= 15 is 0 Å². The molecule has 0 unspecified atom stereocenters. The van der Waals surface area contributed by atoms with E-state index in [4.69, 9.17) is 11.5 Å². The normalized spacial score (nSPS) is 9.30. The lowest BCUT2D eigenvalue weighted by atomic mass is 10.2. The Morgan fingerprint density at radius 2 is 1.00 bits per heavy atom. The van der Waals surface area contributed by atoms with Crippen LogP contribution in [-0.4, -0.2) is 11.8 Å². The van der Waals surface area contributed by atoms with E-state index in [1.54, 1.807) is 24.3 Å². The summed E-state index contributed by atoms with van der Waals surface area (Å²) in [5.41, 5.74) is 11.3. The third-order valence-electron chi connectivity index (χ3n) is 2.28. The zero-order valence-electron chi connectivity index (χ0n) is 10.3. The quantitative estimate of drug-likeness (QED) is 0.630. The molecule has 0 aliphatic carbocycles. The summed E-state index contributed by atoms with van der Waals surface area (Å²) in [5.74, 6) is -0.741. The van der Waals surface area contributed by atoms with Crippen molar-refractivity contribution >= 4 is 57.0 Å². The van der Waals surface area contributed by atoms with Gasteiger partial charge in [-0.2, -0.15) is 0 Å². The van der Waals surface area contributed by atoms with Crippen LogP contribution in [0.4, 0.5) is 0 Å². The lowest BCUT2D eigenvalue weighted by molar-refractivity contribution is 0.0991. The van der Waals surface area contributed by atoms with Crippen molar-refractivity contribution in [2.75, 3.05) is 0 Å². The largest absolute Gasteiger partial charge is 0.366 e. The zero-order chi connectivity index (χ0) is 15.1. The van der Waals surface area contributed by atoms with Gasteiger partial charge in [0.15, 0.2) is 0 Å². The van der Waals surface area contributed by atoms with Crippen LogP contribution in [0.3, 0.4) is 0 Å². The Bertz CT molecular complexity index is 575. The molecule has 0 aliphatic rings. The monoisotopic (exact) mass is 494 g/mol. The second kappa shape index (κ2) is 8.20. The van der Waals surface area contributed by atoms with E-state index in [0.29, 0.717) is 11.1 Å². The fourth-order valence-electron chi connectivity index (χ4n) is 1.32. The van der Waals surface area contributed by atoms with Crippen molar-refractivity contribution in [3.63, 3.8) is 0 Å². The van der Waals surface area contributed by atoms with Crippen molar-refractivity contribution in [3.8, 4) is 0 Å². The number of hydrogen-bond acceptors (Lipinski definition) is 2. The van der Waals surface area contributed by atoms with Crippen molar-refractivity contribution < 1.29 is 9.59 Å². The highest BCUT2D eigenvalue weighted by molar-refractivity contribution is 14.1. The summed E-state index contributed by atoms with van der Waals surface area (Å²) in [5, 5.41) is 0. The fourth-order valence-corrected chi connectivity index (χ4v) is 2.63. The van der Waals surface area contributed by atoms with Gasteiger partial charge in [0, 0.05) is 7.14 Å². The van der Waals surface area contributed by atoms with Gasteiger partial charge in [-0.1, -0.05) is 24.3 Å². The summed E-state index contributed by atoms with van der Waals surface area (Å²) >= 11 is 4.15. The van der Waals surface area contributed by atoms with Crippen LogP contribution < -0.4 is 11.5 Å². The van der Waals surface area contributed by atoms with Gasteiger partial charge >= 0.3 is 0 Å². The Kier molecular flexibility index (Phi) is 6.93. The Morgan fingerprint density at radius 1 is 0.700 bits per heavy atom. The maximum Gasteiger partial charge on any atom is 0.249 e. The highest BCUT2D eigenvalue weighted by atomic mass is 127. The van der Waals surface area contributed by atoms with E-state index in [1.807, 2.05) is 24.3 Å². The van der Waals surface area contributed by atoms with Gasteiger partial charge in [-0.15, -0.1) is 0 Å². The first-order valence-electron chi connectivity index (χ1n) is 5.52. The molecule has 2 aromatic carbocycles. The number of benzene rings is 2. The molecule has 0 saturated carbocycles. The van der Waals surface area contributed by atoms with Crippen LogP contribution in [-0.2, 0) is 0 Å². The average molecular weight is 494 g/mol. The van der Waals surface area contributed by atoms with Gasteiger partial charge in [0.25, 0.3) is 0 Å². The number of hydrogen-bond donors (Lipinski definition) is 2. The predicted octanol–water partition coefficient (Wildman–Crippen LogP) is 2.78. The van der Waals surface area contributed by atoms with Crippen molar-refractivity contribution in [2.24, 2.45) is 11.5 Å². The van der Waals surface area contributed by atoms with E-state index in [1.165, 1.54) is 0 Å². The first-order valence-corrected chi connectivity index (χ1v) is 7.68. The lowest BCUT2D eigenvalue weighted by Crippen LogP contribution is -2.12. The van der Waals surface area contributed by atoms with Gasteiger partial charge in [0.2, 0.25) is 11.8 Å². The van der Waals surface area contributed by atoms with Crippen LogP contribution in [0.1, 0.15) is 20.7 Å². The van der Waals surface area contributed by atoms with Gasteiger partial charge in [0.05, 0.1) is 11.1 Å². The van der Waals surface area contributed by atoms with Crippen molar-refractivity contribution in [1.29, 1.82) is 0 Å². The molecule has 0 bridgehead atoms. The number of primary amides is 2. The zero-order valence-corrected chi connectivity index (χ0v) is 14.7. The van der Waals surface area contributed by atoms with Crippen LogP contribution >= 0.6 is 45.2 Å². The van der Waals surface area contributed by atoms with E-state index in [2.05, 4.69) is 45.2 Å². The molecule has 4 nitrogen and oxygen atoms in total. The van der Waals surface area contributed by atoms with Gasteiger partial charge in [-0.05, 0) is 69.4 Å². The number of rotatable bonds is 2. The second-order valence-corrected chi connectivity index (χ2v) is 6.01. The topological polar surface area (TPSA) is 86.2 Å². The number of amides is 2. The molecule has 6 heteroatoms. The summed E-state index contributed by atoms with van der Waals surface area (Å²) in [7, 11) is 0. The van der Waals surface area contributed by atoms with Gasteiger partial charge in [-0.25, -0.2) is 0 Å². The van der Waals surface area contributed by atoms with Crippen LogP contribution in [0.2, 0.25) is 0 Å². The van der Waals surface area contributed by atoms with E-state index in [-0.39, 0.29) is 11.8 Å². The highest BCUT2D eigenvalue weighted by Crippen LogP contribution is 2.10. The number of carbonyl (C=O) groups excluding carboxylic acids is 2. The van der Waals surface area contributed by atoms with Crippen molar-refractivity contribution in [1.82, 2.24) is 0 Å². The summed E-state index contributed by atoms with van der Waals surface area (Å²) in [4.78, 5) is 21.3. The molecular weight excluding hydrogens is 482 g/mol. The van der Waals surface area contributed by atoms with E-state index < -0.39 is 0 Å². The molecule has 0 radical (unpaired) electrons. The SMILES string of the molecule is NC(=O)c1ccccc1I.NC(=O)c1ccccc1I. The Labute approximate surface area is 144 Å². The Morgan fingerprint density at radius 3 is 1.20 bits per heavy atom. The molecule has 20 heavy (non-hydrogen) atoms. The number of halogens is 2. The van der Waals surface area contributed by atoms with Crippen LogP contribution in [0.5, 0.6) is 0 Å². The van der Waals surface area contributed by atoms with Crippen LogP contribution in [0.15, 0.2) is 48.5 Å².